The maximum Gasteiger partial charge on any atom is 0.225 e. The molecule has 1 saturated carbocycles. The number of rotatable bonds is 2. The van der Waals surface area contributed by atoms with E-state index in [1.807, 2.05) is 11.8 Å². The van der Waals surface area contributed by atoms with Crippen molar-refractivity contribution < 1.29 is 9.53 Å². The highest BCUT2D eigenvalue weighted by Crippen LogP contribution is 2.32. The fraction of sp³-hybridized carbons (Fsp3) is 0.706. The monoisotopic (exact) mass is 316 g/mol. The van der Waals surface area contributed by atoms with Crippen LogP contribution in [0.2, 0.25) is 0 Å². The van der Waals surface area contributed by atoms with Gasteiger partial charge in [0.05, 0.1) is 25.5 Å². The second-order valence-electron chi connectivity index (χ2n) is 6.76. The molecule has 2 aliphatic heterocycles. The zero-order chi connectivity index (χ0) is 15.8. The molecule has 0 atom stereocenters. The first-order chi connectivity index (χ1) is 11.2. The van der Waals surface area contributed by atoms with Crippen LogP contribution in [0, 0.1) is 12.8 Å². The van der Waals surface area contributed by atoms with E-state index in [9.17, 15) is 4.79 Å². The number of ether oxygens (including phenoxy) is 1. The average molecular weight is 316 g/mol. The Morgan fingerprint density at radius 3 is 2.65 bits per heavy atom. The molecule has 3 heterocycles. The van der Waals surface area contributed by atoms with Gasteiger partial charge in [-0.3, -0.25) is 4.79 Å². The Kier molecular flexibility index (Phi) is 3.93. The molecule has 1 amide bonds. The summed E-state index contributed by atoms with van der Waals surface area (Å²) in [5.74, 6) is 2.43. The smallest absolute Gasteiger partial charge is 0.225 e. The maximum atomic E-state index is 12.6. The van der Waals surface area contributed by atoms with Crippen LogP contribution in [0.5, 0.6) is 0 Å². The fourth-order valence-electron chi connectivity index (χ4n) is 3.66. The molecule has 124 valence electrons. The van der Waals surface area contributed by atoms with Crippen molar-refractivity contribution in [3.63, 3.8) is 0 Å². The second kappa shape index (κ2) is 6.07. The van der Waals surface area contributed by atoms with Crippen LogP contribution >= 0.6 is 0 Å². The second-order valence-corrected chi connectivity index (χ2v) is 6.76. The van der Waals surface area contributed by atoms with Gasteiger partial charge in [0.1, 0.15) is 11.6 Å². The van der Waals surface area contributed by atoms with Crippen molar-refractivity contribution in [2.45, 2.75) is 39.2 Å². The van der Waals surface area contributed by atoms with E-state index in [0.29, 0.717) is 12.5 Å². The first-order valence-corrected chi connectivity index (χ1v) is 8.70. The predicted octanol–water partition coefficient (Wildman–Crippen LogP) is 1.31. The maximum absolute atomic E-state index is 12.6. The molecular weight excluding hydrogens is 292 g/mol. The van der Waals surface area contributed by atoms with Gasteiger partial charge in [-0.25, -0.2) is 9.97 Å². The van der Waals surface area contributed by atoms with E-state index < -0.39 is 0 Å². The van der Waals surface area contributed by atoms with Gasteiger partial charge in [-0.2, -0.15) is 0 Å². The van der Waals surface area contributed by atoms with Crippen LogP contribution in [-0.2, 0) is 22.5 Å². The third-order valence-corrected chi connectivity index (χ3v) is 5.23. The van der Waals surface area contributed by atoms with Gasteiger partial charge in [0.15, 0.2) is 0 Å². The quantitative estimate of drug-likeness (QED) is 0.823. The number of anilines is 1. The molecule has 0 radical (unpaired) electrons. The third kappa shape index (κ3) is 2.80. The largest absolute Gasteiger partial charge is 0.378 e. The number of hydrogen-bond acceptors (Lipinski definition) is 5. The molecule has 0 bridgehead atoms. The number of carbonyl (C=O) groups excluding carboxylic acids is 1. The summed E-state index contributed by atoms with van der Waals surface area (Å²) in [5, 5.41) is 0. The number of aromatic nitrogens is 2. The molecule has 6 nitrogen and oxygen atoms in total. The number of aryl methyl sites for hydroxylation is 1. The zero-order valence-corrected chi connectivity index (χ0v) is 13.8. The summed E-state index contributed by atoms with van der Waals surface area (Å²) in [5.41, 5.74) is 2.27. The molecule has 0 unspecified atom stereocenters. The third-order valence-electron chi connectivity index (χ3n) is 5.23. The molecule has 1 aromatic heterocycles. The number of morpholine rings is 1. The molecule has 0 aromatic carbocycles. The van der Waals surface area contributed by atoms with Crippen molar-refractivity contribution in [1.29, 1.82) is 0 Å². The van der Waals surface area contributed by atoms with E-state index in [0.717, 1.165) is 75.0 Å². The Balaban J connectivity index is 1.61. The summed E-state index contributed by atoms with van der Waals surface area (Å²) in [6.07, 6.45) is 4.16. The number of hydrogen-bond donors (Lipinski definition) is 0. The first kappa shape index (κ1) is 14.9. The highest BCUT2D eigenvalue weighted by molar-refractivity contribution is 5.80. The van der Waals surface area contributed by atoms with Gasteiger partial charge in [-0.15, -0.1) is 0 Å². The average Bonchev–Trinajstić information content (AvgIpc) is 2.53. The molecule has 1 aromatic rings. The topological polar surface area (TPSA) is 58.6 Å². The Labute approximate surface area is 136 Å². The number of carbonyl (C=O) groups is 1. The molecular formula is C17H24N4O2. The van der Waals surface area contributed by atoms with E-state index >= 15 is 0 Å². The van der Waals surface area contributed by atoms with Crippen LogP contribution in [0.25, 0.3) is 0 Å². The van der Waals surface area contributed by atoms with Crippen molar-refractivity contribution in [2.75, 3.05) is 37.7 Å². The summed E-state index contributed by atoms with van der Waals surface area (Å²) in [6, 6.07) is 0. The summed E-state index contributed by atoms with van der Waals surface area (Å²) in [7, 11) is 0. The lowest BCUT2D eigenvalue weighted by Crippen LogP contribution is -2.44. The van der Waals surface area contributed by atoms with Crippen molar-refractivity contribution >= 4 is 11.7 Å². The van der Waals surface area contributed by atoms with E-state index in [2.05, 4.69) is 9.88 Å². The minimum atomic E-state index is 0.259. The first-order valence-electron chi connectivity index (χ1n) is 8.70. The number of nitrogens with zero attached hydrogens (tertiary/aromatic N) is 4. The van der Waals surface area contributed by atoms with Gasteiger partial charge in [-0.1, -0.05) is 6.42 Å². The Hall–Kier alpha value is -1.69. The van der Waals surface area contributed by atoms with Gasteiger partial charge in [-0.05, 0) is 19.8 Å². The van der Waals surface area contributed by atoms with Crippen LogP contribution in [-0.4, -0.2) is 53.6 Å². The molecule has 3 aliphatic rings. The Bertz CT molecular complexity index is 609. The highest BCUT2D eigenvalue weighted by Gasteiger charge is 2.33. The van der Waals surface area contributed by atoms with Crippen LogP contribution in [0.1, 0.15) is 36.3 Å². The molecule has 1 saturated heterocycles. The molecule has 2 fully saturated rings. The van der Waals surface area contributed by atoms with Crippen molar-refractivity contribution in [2.24, 2.45) is 5.92 Å². The Morgan fingerprint density at radius 1 is 1.17 bits per heavy atom. The van der Waals surface area contributed by atoms with Crippen LogP contribution in [0.3, 0.4) is 0 Å². The number of amides is 1. The summed E-state index contributed by atoms with van der Waals surface area (Å²) in [4.78, 5) is 26.2. The van der Waals surface area contributed by atoms with Crippen LogP contribution < -0.4 is 4.90 Å². The molecule has 0 spiro atoms. The lowest BCUT2D eigenvalue weighted by atomic mass is 9.84. The van der Waals surface area contributed by atoms with Gasteiger partial charge >= 0.3 is 0 Å². The summed E-state index contributed by atoms with van der Waals surface area (Å²) >= 11 is 0. The SMILES string of the molecule is Cc1nc2c(c(N3CCOCC3)n1)CN(C(=O)C1CCC1)CC2. The van der Waals surface area contributed by atoms with Crippen molar-refractivity contribution in [3.05, 3.63) is 17.1 Å². The molecule has 0 N–H and O–H groups in total. The summed E-state index contributed by atoms with van der Waals surface area (Å²) < 4.78 is 5.46. The van der Waals surface area contributed by atoms with Crippen molar-refractivity contribution in [3.8, 4) is 0 Å². The number of fused-ring (bicyclic) bond motifs is 1. The van der Waals surface area contributed by atoms with Gasteiger partial charge in [0.2, 0.25) is 5.91 Å². The van der Waals surface area contributed by atoms with E-state index in [1.54, 1.807) is 0 Å². The van der Waals surface area contributed by atoms with E-state index in [4.69, 9.17) is 9.72 Å². The van der Waals surface area contributed by atoms with Gasteiger partial charge in [0, 0.05) is 37.5 Å². The minimum absolute atomic E-state index is 0.259. The van der Waals surface area contributed by atoms with Crippen molar-refractivity contribution in [1.82, 2.24) is 14.9 Å². The molecule has 4 rings (SSSR count). The lowest BCUT2D eigenvalue weighted by molar-refractivity contribution is -0.139. The van der Waals surface area contributed by atoms with E-state index in [-0.39, 0.29) is 5.92 Å². The molecule has 23 heavy (non-hydrogen) atoms. The highest BCUT2D eigenvalue weighted by atomic mass is 16.5. The Morgan fingerprint density at radius 2 is 1.96 bits per heavy atom. The summed E-state index contributed by atoms with van der Waals surface area (Å²) in [6.45, 7) is 6.61. The standard InChI is InChI=1S/C17H24N4O2/c1-12-18-15-5-6-21(17(22)13-3-2-4-13)11-14(15)16(19-12)20-7-9-23-10-8-20/h13H,2-11H2,1H3. The van der Waals surface area contributed by atoms with E-state index in [1.165, 1.54) is 6.42 Å². The van der Waals surface area contributed by atoms with Gasteiger partial charge in [0.25, 0.3) is 0 Å². The molecule has 1 aliphatic carbocycles. The van der Waals surface area contributed by atoms with Crippen LogP contribution in [0.15, 0.2) is 0 Å². The predicted molar refractivity (Wildman–Crippen MR) is 86.3 cm³/mol. The minimum Gasteiger partial charge on any atom is -0.378 e. The van der Waals surface area contributed by atoms with Gasteiger partial charge < -0.3 is 14.5 Å². The van der Waals surface area contributed by atoms with Crippen LogP contribution in [0.4, 0.5) is 5.82 Å². The zero-order valence-electron chi connectivity index (χ0n) is 13.8. The normalized spacial score (nSPS) is 21.8. The molecule has 6 heteroatoms. The lowest BCUT2D eigenvalue weighted by Gasteiger charge is -2.37. The fourth-order valence-corrected chi connectivity index (χ4v) is 3.66.